The highest BCUT2D eigenvalue weighted by Gasteiger charge is 2.33. The Kier molecular flexibility index (Phi) is 3.47. The molecule has 0 atom stereocenters. The van der Waals surface area contributed by atoms with Gasteiger partial charge in [0.05, 0.1) is 0 Å². The lowest BCUT2D eigenvalue weighted by atomic mass is 10.2. The van der Waals surface area contributed by atoms with Gasteiger partial charge >= 0.3 is 6.18 Å². The molecule has 0 aliphatic rings. The fraction of sp³-hybridized carbons (Fsp3) is 0.167. The maximum atomic E-state index is 13.6. The Morgan fingerprint density at radius 1 is 1.15 bits per heavy atom. The zero-order chi connectivity index (χ0) is 14.9. The number of aryl methyl sites for hydroxylation is 1. The molecule has 0 unspecified atom stereocenters. The number of ether oxygens (including phenoxy) is 1. The molecular weight excluding hydrogens is 278 g/mol. The minimum Gasteiger partial charge on any atom is -0.434 e. The van der Waals surface area contributed by atoms with Gasteiger partial charge < -0.3 is 10.5 Å². The van der Waals surface area contributed by atoms with Crippen LogP contribution in [0.2, 0.25) is 0 Å². The monoisotopic (exact) mass is 287 g/mol. The van der Waals surface area contributed by atoms with Crippen LogP contribution >= 0.6 is 0 Å². The highest BCUT2D eigenvalue weighted by Crippen LogP contribution is 2.30. The minimum absolute atomic E-state index is 0.189. The lowest BCUT2D eigenvalue weighted by Crippen LogP contribution is -2.09. The van der Waals surface area contributed by atoms with E-state index in [0.29, 0.717) is 11.6 Å². The first-order valence-corrected chi connectivity index (χ1v) is 5.42. The Bertz CT molecular complexity index is 626. The summed E-state index contributed by atoms with van der Waals surface area (Å²) < 4.78 is 55.5. The number of aromatic nitrogens is 2. The molecule has 0 aliphatic heterocycles. The highest BCUT2D eigenvalue weighted by atomic mass is 19.4. The Morgan fingerprint density at radius 2 is 1.85 bits per heavy atom. The van der Waals surface area contributed by atoms with Crippen molar-refractivity contribution in [1.82, 2.24) is 10.2 Å². The molecule has 20 heavy (non-hydrogen) atoms. The number of nitrogen functional groups attached to an aromatic ring is 1. The van der Waals surface area contributed by atoms with Crippen LogP contribution in [0, 0.1) is 12.7 Å². The summed E-state index contributed by atoms with van der Waals surface area (Å²) in [4.78, 5) is 0. The summed E-state index contributed by atoms with van der Waals surface area (Å²) in [6.07, 6.45) is -4.59. The largest absolute Gasteiger partial charge is 0.435 e. The predicted molar refractivity (Wildman–Crippen MR) is 62.7 cm³/mol. The van der Waals surface area contributed by atoms with Crippen LogP contribution in [-0.4, -0.2) is 10.2 Å². The third kappa shape index (κ3) is 2.95. The number of nitrogens with zero attached hydrogens (tertiary/aromatic N) is 2. The van der Waals surface area contributed by atoms with Gasteiger partial charge in [-0.15, -0.1) is 10.2 Å². The fourth-order valence-corrected chi connectivity index (χ4v) is 1.39. The van der Waals surface area contributed by atoms with Gasteiger partial charge in [0.25, 0.3) is 0 Å². The zero-order valence-corrected chi connectivity index (χ0v) is 10.2. The molecule has 1 aromatic heterocycles. The van der Waals surface area contributed by atoms with Gasteiger partial charge in [-0.3, -0.25) is 0 Å². The van der Waals surface area contributed by atoms with Gasteiger partial charge in [0, 0.05) is 17.8 Å². The third-order valence-corrected chi connectivity index (χ3v) is 2.47. The van der Waals surface area contributed by atoms with E-state index in [1.807, 2.05) is 0 Å². The Morgan fingerprint density at radius 3 is 2.40 bits per heavy atom. The number of benzene rings is 1. The Hall–Kier alpha value is -2.38. The van der Waals surface area contributed by atoms with Crippen molar-refractivity contribution in [1.29, 1.82) is 0 Å². The Balaban J connectivity index is 2.25. The first-order valence-electron chi connectivity index (χ1n) is 5.42. The molecule has 0 radical (unpaired) electrons. The van der Waals surface area contributed by atoms with Crippen molar-refractivity contribution >= 4 is 5.69 Å². The first-order chi connectivity index (χ1) is 9.27. The normalized spacial score (nSPS) is 11.4. The van der Waals surface area contributed by atoms with Crippen molar-refractivity contribution in [2.75, 3.05) is 5.73 Å². The number of hydrogen-bond donors (Lipinski definition) is 1. The Labute approximate surface area is 111 Å². The van der Waals surface area contributed by atoms with Crippen LogP contribution in [0.25, 0.3) is 0 Å². The van der Waals surface area contributed by atoms with Crippen LogP contribution in [0.5, 0.6) is 11.6 Å². The van der Waals surface area contributed by atoms with E-state index in [9.17, 15) is 17.6 Å². The van der Waals surface area contributed by atoms with Crippen LogP contribution in [0.3, 0.4) is 0 Å². The van der Waals surface area contributed by atoms with E-state index in [2.05, 4.69) is 10.2 Å². The van der Waals surface area contributed by atoms with Gasteiger partial charge in [-0.25, -0.2) is 4.39 Å². The van der Waals surface area contributed by atoms with Gasteiger partial charge in [-0.05, 0) is 24.6 Å². The van der Waals surface area contributed by atoms with E-state index in [-0.39, 0.29) is 17.3 Å². The molecule has 0 saturated heterocycles. The maximum absolute atomic E-state index is 13.6. The molecule has 2 rings (SSSR count). The van der Waals surface area contributed by atoms with Crippen LogP contribution < -0.4 is 10.5 Å². The van der Waals surface area contributed by atoms with Crippen LogP contribution in [0.1, 0.15) is 11.3 Å². The number of halogens is 4. The molecule has 0 bridgehead atoms. The second kappa shape index (κ2) is 4.95. The van der Waals surface area contributed by atoms with Crippen molar-refractivity contribution in [3.8, 4) is 11.6 Å². The van der Waals surface area contributed by atoms with Crippen molar-refractivity contribution in [2.24, 2.45) is 0 Å². The first kappa shape index (κ1) is 14.0. The van der Waals surface area contributed by atoms with Crippen molar-refractivity contribution in [2.45, 2.75) is 13.1 Å². The molecule has 0 fully saturated rings. The highest BCUT2D eigenvalue weighted by molar-refractivity contribution is 5.50. The number of alkyl halides is 3. The molecule has 8 heteroatoms. The molecule has 1 heterocycles. The third-order valence-electron chi connectivity index (χ3n) is 2.47. The molecule has 1 aromatic carbocycles. The summed E-state index contributed by atoms with van der Waals surface area (Å²) in [6.45, 7) is 1.64. The average Bonchev–Trinajstić information content (AvgIpc) is 2.35. The quantitative estimate of drug-likeness (QED) is 0.680. The second-order valence-corrected chi connectivity index (χ2v) is 4.00. The predicted octanol–water partition coefficient (Wildman–Crippen LogP) is 3.32. The van der Waals surface area contributed by atoms with Crippen molar-refractivity contribution < 1.29 is 22.3 Å². The lowest BCUT2D eigenvalue weighted by Gasteiger charge is -2.09. The summed E-state index contributed by atoms with van der Waals surface area (Å²) >= 11 is 0. The number of rotatable bonds is 2. The maximum Gasteiger partial charge on any atom is 0.435 e. The van der Waals surface area contributed by atoms with E-state index in [4.69, 9.17) is 10.5 Å². The molecule has 0 spiro atoms. The standard InChI is InChI=1S/C12H9F4N3O/c1-6-4-9(7(13)5-8(6)17)20-11-3-2-10(18-19-11)12(14,15)16/h2-5H,17H2,1H3. The van der Waals surface area contributed by atoms with E-state index in [0.717, 1.165) is 12.1 Å². The summed E-state index contributed by atoms with van der Waals surface area (Å²) in [5.74, 6) is -1.18. The van der Waals surface area contributed by atoms with Crippen molar-refractivity contribution in [3.63, 3.8) is 0 Å². The summed E-state index contributed by atoms with van der Waals surface area (Å²) in [5, 5.41) is 6.21. The van der Waals surface area contributed by atoms with Gasteiger partial charge in [0.15, 0.2) is 17.3 Å². The topological polar surface area (TPSA) is 61.0 Å². The van der Waals surface area contributed by atoms with Gasteiger partial charge in [-0.1, -0.05) is 0 Å². The zero-order valence-electron chi connectivity index (χ0n) is 10.2. The van der Waals surface area contributed by atoms with Gasteiger partial charge in [0.2, 0.25) is 5.88 Å². The van der Waals surface area contributed by atoms with Gasteiger partial charge in [-0.2, -0.15) is 13.2 Å². The van der Waals surface area contributed by atoms with Crippen LogP contribution in [-0.2, 0) is 6.18 Å². The molecule has 106 valence electrons. The van der Waals surface area contributed by atoms with Gasteiger partial charge in [0.1, 0.15) is 0 Å². The molecular formula is C12H9F4N3O. The van der Waals surface area contributed by atoms with E-state index < -0.39 is 17.7 Å². The fourth-order valence-electron chi connectivity index (χ4n) is 1.39. The molecule has 0 amide bonds. The summed E-state index contributed by atoms with van der Waals surface area (Å²) in [5.41, 5.74) is 5.16. The van der Waals surface area contributed by atoms with E-state index in [1.54, 1.807) is 6.92 Å². The second-order valence-electron chi connectivity index (χ2n) is 4.00. The number of hydrogen-bond acceptors (Lipinski definition) is 4. The van der Waals surface area contributed by atoms with E-state index >= 15 is 0 Å². The van der Waals surface area contributed by atoms with E-state index in [1.165, 1.54) is 6.07 Å². The van der Waals surface area contributed by atoms with Crippen molar-refractivity contribution in [3.05, 3.63) is 41.3 Å². The molecule has 2 aromatic rings. The van der Waals surface area contributed by atoms with Crippen LogP contribution in [0.15, 0.2) is 24.3 Å². The minimum atomic E-state index is -4.59. The molecule has 2 N–H and O–H groups in total. The number of nitrogens with two attached hydrogens (primary N) is 1. The molecule has 0 saturated carbocycles. The summed E-state index contributed by atoms with van der Waals surface area (Å²) in [7, 11) is 0. The molecule has 0 aliphatic carbocycles. The van der Waals surface area contributed by atoms with Crippen LogP contribution in [0.4, 0.5) is 23.2 Å². The SMILES string of the molecule is Cc1cc(Oc2ccc(C(F)(F)F)nn2)c(F)cc1N. The molecule has 4 nitrogen and oxygen atoms in total. The summed E-state index contributed by atoms with van der Waals surface area (Å²) in [6, 6.07) is 4.04. The average molecular weight is 287 g/mol. The lowest BCUT2D eigenvalue weighted by molar-refractivity contribution is -0.141. The smallest absolute Gasteiger partial charge is 0.434 e. The number of anilines is 1.